The van der Waals surface area contributed by atoms with Crippen molar-refractivity contribution in [2.45, 2.75) is 13.5 Å². The van der Waals surface area contributed by atoms with Crippen LogP contribution < -0.4 is 18.9 Å². The Morgan fingerprint density at radius 2 is 1.87 bits per heavy atom. The molecule has 2 aromatic heterocycles. The minimum absolute atomic E-state index is 0.204. The van der Waals surface area contributed by atoms with Gasteiger partial charge in [0.25, 0.3) is 0 Å². The van der Waals surface area contributed by atoms with Crippen LogP contribution in [0.15, 0.2) is 72.9 Å². The van der Waals surface area contributed by atoms with Crippen LogP contribution in [0.25, 0.3) is 32.6 Å². The topological polar surface area (TPSA) is 100 Å². The summed E-state index contributed by atoms with van der Waals surface area (Å²) in [6.45, 7) is 1.92. The van der Waals surface area contributed by atoms with Crippen LogP contribution in [0.4, 0.5) is 0 Å². The number of fused-ring (bicyclic) bond motifs is 2. The van der Waals surface area contributed by atoms with E-state index in [1.165, 1.54) is 0 Å². The van der Waals surface area contributed by atoms with Crippen LogP contribution in [0.3, 0.4) is 0 Å². The fourth-order valence-electron chi connectivity index (χ4n) is 4.21. The van der Waals surface area contributed by atoms with E-state index in [4.69, 9.17) is 29.0 Å². The SMILES string of the molecule is Cc1cc(OCc2nc(-c3ccc4c(c3)OCO4)c(-c3cnc4ccccc4c3)s2)ccc1OCC(=O)O. The summed E-state index contributed by atoms with van der Waals surface area (Å²) in [4.78, 5) is 21.4. The molecule has 0 amide bonds. The Kier molecular flexibility index (Phi) is 6.27. The maximum Gasteiger partial charge on any atom is 0.341 e. The van der Waals surface area contributed by atoms with Gasteiger partial charge in [-0.25, -0.2) is 9.78 Å². The molecule has 0 saturated heterocycles. The molecule has 1 N–H and O–H groups in total. The molecule has 0 atom stereocenters. The first-order chi connectivity index (χ1) is 18.5. The molecule has 6 rings (SSSR count). The van der Waals surface area contributed by atoms with Gasteiger partial charge < -0.3 is 24.1 Å². The smallest absolute Gasteiger partial charge is 0.341 e. The van der Waals surface area contributed by atoms with Crippen LogP contribution in [-0.4, -0.2) is 34.4 Å². The third-order valence-corrected chi connectivity index (χ3v) is 7.11. The van der Waals surface area contributed by atoms with Gasteiger partial charge in [0.05, 0.1) is 16.1 Å². The molecule has 1 aliphatic rings. The van der Waals surface area contributed by atoms with E-state index in [1.807, 2.05) is 61.7 Å². The standard InChI is InChI=1S/C29H22N2O6S/c1-17-10-21(7-9-23(17)35-15-27(32)33)34-14-26-31-28(19-6-8-24-25(12-19)37-16-36-24)29(38-26)20-11-18-4-2-3-5-22(18)30-13-20/h2-13H,14-16H2,1H3,(H,32,33). The van der Waals surface area contributed by atoms with E-state index in [9.17, 15) is 4.79 Å². The third kappa shape index (κ3) is 4.83. The normalized spacial score (nSPS) is 12.0. The number of nitrogens with zero attached hydrogens (tertiary/aromatic N) is 2. The molecule has 3 heterocycles. The van der Waals surface area contributed by atoms with Gasteiger partial charge in [-0.15, -0.1) is 11.3 Å². The molecule has 5 aromatic rings. The van der Waals surface area contributed by atoms with Crippen LogP contribution >= 0.6 is 11.3 Å². The molecular formula is C29H22N2O6S. The van der Waals surface area contributed by atoms with Gasteiger partial charge in [-0.1, -0.05) is 18.2 Å². The average molecular weight is 527 g/mol. The van der Waals surface area contributed by atoms with E-state index >= 15 is 0 Å². The summed E-state index contributed by atoms with van der Waals surface area (Å²) in [5, 5.41) is 10.7. The zero-order valence-corrected chi connectivity index (χ0v) is 21.2. The fourth-order valence-corrected chi connectivity index (χ4v) is 5.19. The van der Waals surface area contributed by atoms with Crippen molar-refractivity contribution >= 4 is 28.2 Å². The van der Waals surface area contributed by atoms with Crippen molar-refractivity contribution < 1.29 is 28.8 Å². The molecule has 0 bridgehead atoms. The monoisotopic (exact) mass is 526 g/mol. The van der Waals surface area contributed by atoms with Crippen molar-refractivity contribution in [3.05, 3.63) is 83.5 Å². The Morgan fingerprint density at radius 1 is 1.00 bits per heavy atom. The number of ether oxygens (including phenoxy) is 4. The molecule has 3 aromatic carbocycles. The molecule has 0 saturated carbocycles. The molecular weight excluding hydrogens is 504 g/mol. The molecule has 8 nitrogen and oxygen atoms in total. The molecule has 38 heavy (non-hydrogen) atoms. The van der Waals surface area contributed by atoms with Crippen molar-refractivity contribution in [3.8, 4) is 44.7 Å². The number of hydrogen-bond donors (Lipinski definition) is 1. The number of benzene rings is 3. The number of carboxylic acid groups (broad SMARTS) is 1. The first kappa shape index (κ1) is 23.7. The number of aromatic nitrogens is 2. The number of aliphatic carboxylic acids is 1. The highest BCUT2D eigenvalue weighted by molar-refractivity contribution is 7.15. The van der Waals surface area contributed by atoms with Gasteiger partial charge in [-0.2, -0.15) is 0 Å². The summed E-state index contributed by atoms with van der Waals surface area (Å²) in [6, 6.07) is 21.2. The molecule has 0 unspecified atom stereocenters. The quantitative estimate of drug-likeness (QED) is 0.259. The molecule has 0 spiro atoms. The van der Waals surface area contributed by atoms with Gasteiger partial charge in [-0.3, -0.25) is 4.98 Å². The van der Waals surface area contributed by atoms with E-state index in [0.29, 0.717) is 23.0 Å². The van der Waals surface area contributed by atoms with Gasteiger partial charge in [-0.05, 0) is 61.0 Å². The van der Waals surface area contributed by atoms with Gasteiger partial charge >= 0.3 is 5.97 Å². The van der Waals surface area contributed by atoms with E-state index < -0.39 is 12.6 Å². The second kappa shape index (κ2) is 10.0. The summed E-state index contributed by atoms with van der Waals surface area (Å²) in [5.74, 6) is 1.53. The number of thiazole rings is 1. The summed E-state index contributed by atoms with van der Waals surface area (Å²) >= 11 is 1.55. The highest BCUT2D eigenvalue weighted by Crippen LogP contribution is 2.42. The lowest BCUT2D eigenvalue weighted by atomic mass is 10.1. The molecule has 0 radical (unpaired) electrons. The van der Waals surface area contributed by atoms with Gasteiger partial charge in [0.2, 0.25) is 6.79 Å². The van der Waals surface area contributed by atoms with Crippen molar-refractivity contribution in [3.63, 3.8) is 0 Å². The van der Waals surface area contributed by atoms with Crippen molar-refractivity contribution in [2.24, 2.45) is 0 Å². The van der Waals surface area contributed by atoms with Gasteiger partial charge in [0.1, 0.15) is 23.1 Å². The Morgan fingerprint density at radius 3 is 2.74 bits per heavy atom. The van der Waals surface area contributed by atoms with E-state index in [-0.39, 0.29) is 13.4 Å². The fraction of sp³-hybridized carbons (Fsp3) is 0.138. The lowest BCUT2D eigenvalue weighted by Gasteiger charge is -2.09. The summed E-state index contributed by atoms with van der Waals surface area (Å²) < 4.78 is 22.4. The second-order valence-corrected chi connectivity index (χ2v) is 9.75. The molecule has 9 heteroatoms. The Bertz CT molecular complexity index is 1660. The van der Waals surface area contributed by atoms with Crippen LogP contribution in [0.5, 0.6) is 23.0 Å². The predicted octanol–water partition coefficient (Wildman–Crippen LogP) is 6.10. The van der Waals surface area contributed by atoms with Crippen molar-refractivity contribution in [2.75, 3.05) is 13.4 Å². The minimum Gasteiger partial charge on any atom is -0.486 e. The summed E-state index contributed by atoms with van der Waals surface area (Å²) in [6.07, 6.45) is 1.87. The van der Waals surface area contributed by atoms with Crippen molar-refractivity contribution in [1.82, 2.24) is 9.97 Å². The predicted molar refractivity (Wildman–Crippen MR) is 143 cm³/mol. The number of carbonyl (C=O) groups is 1. The van der Waals surface area contributed by atoms with E-state index in [1.54, 1.807) is 23.5 Å². The van der Waals surface area contributed by atoms with Crippen LogP contribution in [0.1, 0.15) is 10.6 Å². The first-order valence-electron chi connectivity index (χ1n) is 11.9. The summed E-state index contributed by atoms with van der Waals surface area (Å²) in [7, 11) is 0. The van der Waals surface area contributed by atoms with Crippen LogP contribution in [0, 0.1) is 6.92 Å². The van der Waals surface area contributed by atoms with Crippen LogP contribution in [-0.2, 0) is 11.4 Å². The minimum atomic E-state index is -1.02. The number of carboxylic acids is 1. The first-order valence-corrected chi connectivity index (χ1v) is 12.7. The Hall–Kier alpha value is -4.63. The lowest BCUT2D eigenvalue weighted by molar-refractivity contribution is -0.139. The Labute approximate surface area is 222 Å². The lowest BCUT2D eigenvalue weighted by Crippen LogP contribution is -2.10. The van der Waals surface area contributed by atoms with E-state index in [2.05, 4.69) is 11.1 Å². The number of pyridine rings is 1. The third-order valence-electron chi connectivity index (χ3n) is 6.03. The largest absolute Gasteiger partial charge is 0.486 e. The zero-order valence-electron chi connectivity index (χ0n) is 20.3. The summed E-state index contributed by atoms with van der Waals surface area (Å²) in [5.41, 5.74) is 4.41. The molecule has 0 fully saturated rings. The molecule has 0 aliphatic carbocycles. The highest BCUT2D eigenvalue weighted by atomic mass is 32.1. The van der Waals surface area contributed by atoms with Gasteiger partial charge in [0.15, 0.2) is 18.1 Å². The number of hydrogen-bond acceptors (Lipinski definition) is 8. The van der Waals surface area contributed by atoms with Crippen molar-refractivity contribution in [1.29, 1.82) is 0 Å². The Balaban J connectivity index is 1.31. The molecule has 190 valence electrons. The molecule has 1 aliphatic heterocycles. The number of para-hydroxylation sites is 1. The maximum absolute atomic E-state index is 10.8. The van der Waals surface area contributed by atoms with E-state index in [0.717, 1.165) is 43.2 Å². The number of rotatable bonds is 8. The van der Waals surface area contributed by atoms with Gasteiger partial charge in [0, 0.05) is 22.7 Å². The average Bonchev–Trinajstić information content (AvgIpc) is 3.58. The maximum atomic E-state index is 10.8. The second-order valence-electron chi connectivity index (χ2n) is 8.67. The number of aryl methyl sites for hydroxylation is 1. The zero-order chi connectivity index (χ0) is 26.1. The highest BCUT2D eigenvalue weighted by Gasteiger charge is 2.20. The van der Waals surface area contributed by atoms with Crippen LogP contribution in [0.2, 0.25) is 0 Å².